The van der Waals surface area contributed by atoms with E-state index in [2.05, 4.69) is 6.07 Å². The molecule has 0 atom stereocenters. The normalized spacial score (nSPS) is 14.2. The second-order valence-electron chi connectivity index (χ2n) is 7.68. The van der Waals surface area contributed by atoms with Gasteiger partial charge in [0, 0.05) is 40.8 Å². The second-order valence-corrected chi connectivity index (χ2v) is 8.12. The predicted molar refractivity (Wildman–Crippen MR) is 123 cm³/mol. The molecule has 4 aromatic rings. The van der Waals surface area contributed by atoms with Crippen LogP contribution >= 0.6 is 11.6 Å². The van der Waals surface area contributed by atoms with Crippen molar-refractivity contribution in [3.63, 3.8) is 0 Å². The molecule has 5 rings (SSSR count). The summed E-state index contributed by atoms with van der Waals surface area (Å²) in [5, 5.41) is 1.77. The van der Waals surface area contributed by atoms with Gasteiger partial charge in [0.15, 0.2) is 5.76 Å². The zero-order valence-corrected chi connectivity index (χ0v) is 17.9. The number of rotatable bonds is 4. The highest BCUT2D eigenvalue weighted by Gasteiger charge is 2.30. The summed E-state index contributed by atoms with van der Waals surface area (Å²) >= 11 is 5.94. The van der Waals surface area contributed by atoms with E-state index in [0.29, 0.717) is 34.5 Å². The molecule has 3 aromatic carbocycles. The number of benzene rings is 3. The van der Waals surface area contributed by atoms with Gasteiger partial charge < -0.3 is 14.0 Å². The molecule has 0 bridgehead atoms. The summed E-state index contributed by atoms with van der Waals surface area (Å²) in [6.07, 6.45) is 3.82. The number of hydrogen-bond donors (Lipinski definition) is 0. The van der Waals surface area contributed by atoms with Crippen molar-refractivity contribution in [3.8, 4) is 11.5 Å². The number of carbonyl (C=O) groups is 1. The lowest BCUT2D eigenvalue weighted by atomic mass is 10.0. The number of nitrogens with zero attached hydrogens (tertiary/aromatic N) is 1. The molecule has 154 valence electrons. The van der Waals surface area contributed by atoms with Crippen LogP contribution in [0.4, 0.5) is 0 Å². The van der Waals surface area contributed by atoms with E-state index in [1.807, 2.05) is 79.3 Å². The Hall–Kier alpha value is -3.50. The molecule has 4 nitrogen and oxygen atoms in total. The fourth-order valence-electron chi connectivity index (χ4n) is 3.94. The van der Waals surface area contributed by atoms with Crippen molar-refractivity contribution < 1.29 is 14.3 Å². The highest BCUT2D eigenvalue weighted by molar-refractivity contribution is 6.30. The fourth-order valence-corrected chi connectivity index (χ4v) is 4.06. The maximum atomic E-state index is 13.0. The zero-order chi connectivity index (χ0) is 21.5. The monoisotopic (exact) mass is 429 g/mol. The van der Waals surface area contributed by atoms with Crippen molar-refractivity contribution in [1.29, 1.82) is 0 Å². The highest BCUT2D eigenvalue weighted by Crippen LogP contribution is 2.38. The van der Waals surface area contributed by atoms with Crippen molar-refractivity contribution in [3.05, 3.63) is 99.9 Å². The molecule has 0 spiro atoms. The first-order valence-corrected chi connectivity index (χ1v) is 10.4. The van der Waals surface area contributed by atoms with Crippen molar-refractivity contribution in [2.75, 3.05) is 0 Å². The van der Waals surface area contributed by atoms with Gasteiger partial charge >= 0.3 is 0 Å². The Labute approximate surface area is 185 Å². The lowest BCUT2D eigenvalue weighted by Crippen LogP contribution is -2.00. The molecule has 1 aliphatic heterocycles. The number of Topliss-reactive ketones (excluding diaryl/α,β-unsaturated/α-hetero) is 1. The number of fused-ring (bicyclic) bond motifs is 2. The smallest absolute Gasteiger partial charge is 0.232 e. The van der Waals surface area contributed by atoms with Gasteiger partial charge in [0.05, 0.1) is 5.56 Å². The van der Waals surface area contributed by atoms with Crippen LogP contribution in [0.3, 0.4) is 0 Å². The van der Waals surface area contributed by atoms with Crippen molar-refractivity contribution >= 4 is 34.4 Å². The predicted octanol–water partition coefficient (Wildman–Crippen LogP) is 6.34. The molecule has 1 aliphatic rings. The van der Waals surface area contributed by atoms with Crippen LogP contribution in [-0.2, 0) is 13.7 Å². The summed E-state index contributed by atoms with van der Waals surface area (Å²) in [6, 6.07) is 19.3. The lowest BCUT2D eigenvalue weighted by molar-refractivity contribution is 0.101. The van der Waals surface area contributed by atoms with Crippen LogP contribution in [0, 0.1) is 6.92 Å². The van der Waals surface area contributed by atoms with Crippen LogP contribution in [0.2, 0.25) is 5.02 Å². The molecular formula is C26H20ClNO3. The summed E-state index contributed by atoms with van der Waals surface area (Å²) in [4.78, 5) is 13.0. The fraction of sp³-hybridized carbons (Fsp3) is 0.115. The SMILES string of the molecule is Cc1cc(OCc2ccc(Cl)cc2)cc2c1C(=O)/C(=C/c1cn(C)c3ccccc13)O2. The Bertz CT molecular complexity index is 1350. The van der Waals surface area contributed by atoms with Crippen LogP contribution in [0.5, 0.6) is 11.5 Å². The Morgan fingerprint density at radius 2 is 1.87 bits per heavy atom. The largest absolute Gasteiger partial charge is 0.489 e. The lowest BCUT2D eigenvalue weighted by Gasteiger charge is -2.09. The summed E-state index contributed by atoms with van der Waals surface area (Å²) in [5.74, 6) is 1.40. The highest BCUT2D eigenvalue weighted by atomic mass is 35.5. The van der Waals surface area contributed by atoms with Crippen LogP contribution in [0.25, 0.3) is 17.0 Å². The second kappa shape index (κ2) is 7.64. The Morgan fingerprint density at radius 3 is 2.68 bits per heavy atom. The average Bonchev–Trinajstić information content (AvgIpc) is 3.25. The number of ether oxygens (including phenoxy) is 2. The third kappa shape index (κ3) is 3.60. The molecule has 0 radical (unpaired) electrons. The quantitative estimate of drug-likeness (QED) is 0.355. The van der Waals surface area contributed by atoms with Gasteiger partial charge in [-0.15, -0.1) is 0 Å². The van der Waals surface area contributed by atoms with E-state index in [9.17, 15) is 4.79 Å². The number of aryl methyl sites for hydroxylation is 2. The number of allylic oxidation sites excluding steroid dienone is 1. The van der Waals surface area contributed by atoms with Crippen LogP contribution in [0.1, 0.15) is 27.0 Å². The number of halogens is 1. The molecule has 0 aliphatic carbocycles. The molecule has 31 heavy (non-hydrogen) atoms. The van der Waals surface area contributed by atoms with Crippen molar-refractivity contribution in [2.24, 2.45) is 7.05 Å². The van der Waals surface area contributed by atoms with E-state index < -0.39 is 0 Å². The Balaban J connectivity index is 1.43. The maximum absolute atomic E-state index is 13.0. The number of hydrogen-bond acceptors (Lipinski definition) is 3. The van der Waals surface area contributed by atoms with Crippen LogP contribution < -0.4 is 9.47 Å². The van der Waals surface area contributed by atoms with Gasteiger partial charge in [0.25, 0.3) is 0 Å². The van der Waals surface area contributed by atoms with Crippen molar-refractivity contribution in [2.45, 2.75) is 13.5 Å². The molecule has 2 heterocycles. The van der Waals surface area contributed by atoms with Gasteiger partial charge in [-0.2, -0.15) is 0 Å². The molecule has 0 amide bonds. The Kier molecular flexibility index (Phi) is 4.79. The van der Waals surface area contributed by atoms with E-state index in [4.69, 9.17) is 21.1 Å². The van der Waals surface area contributed by atoms with E-state index in [-0.39, 0.29) is 5.78 Å². The summed E-state index contributed by atoms with van der Waals surface area (Å²) < 4.78 is 13.9. The minimum absolute atomic E-state index is 0.107. The topological polar surface area (TPSA) is 40.5 Å². The standard InChI is InChI=1S/C26H20ClNO3/c1-16-11-20(30-15-17-7-9-19(27)10-8-17)13-23-25(16)26(29)24(31-23)12-18-14-28(2)22-6-4-3-5-21(18)22/h3-14H,15H2,1-2H3/b24-12-. The van der Waals surface area contributed by atoms with E-state index in [1.165, 1.54) is 0 Å². The maximum Gasteiger partial charge on any atom is 0.232 e. The van der Waals surface area contributed by atoms with Gasteiger partial charge in [-0.05, 0) is 48.4 Å². The van der Waals surface area contributed by atoms with E-state index in [0.717, 1.165) is 27.6 Å². The molecule has 5 heteroatoms. The number of carbonyl (C=O) groups excluding carboxylic acids is 1. The summed E-state index contributed by atoms with van der Waals surface area (Å²) in [6.45, 7) is 2.30. The summed E-state index contributed by atoms with van der Waals surface area (Å²) in [5.41, 5.74) is 4.48. The minimum atomic E-state index is -0.107. The first-order chi connectivity index (χ1) is 15.0. The van der Waals surface area contributed by atoms with Crippen LogP contribution in [-0.4, -0.2) is 10.4 Å². The van der Waals surface area contributed by atoms with Gasteiger partial charge in [-0.3, -0.25) is 4.79 Å². The molecule has 0 saturated carbocycles. The van der Waals surface area contributed by atoms with Gasteiger partial charge in [-0.1, -0.05) is 41.9 Å². The van der Waals surface area contributed by atoms with Gasteiger partial charge in [0.1, 0.15) is 18.1 Å². The Morgan fingerprint density at radius 1 is 1.10 bits per heavy atom. The molecule has 0 fully saturated rings. The average molecular weight is 430 g/mol. The van der Waals surface area contributed by atoms with E-state index in [1.54, 1.807) is 6.07 Å². The number of aromatic nitrogens is 1. The molecule has 0 N–H and O–H groups in total. The van der Waals surface area contributed by atoms with Crippen LogP contribution in [0.15, 0.2) is 72.6 Å². The first kappa shape index (κ1) is 19.5. The third-order valence-corrected chi connectivity index (χ3v) is 5.73. The molecule has 0 saturated heterocycles. The summed E-state index contributed by atoms with van der Waals surface area (Å²) in [7, 11) is 1.99. The first-order valence-electron chi connectivity index (χ1n) is 10.00. The number of para-hydroxylation sites is 1. The van der Waals surface area contributed by atoms with Gasteiger partial charge in [-0.25, -0.2) is 0 Å². The zero-order valence-electron chi connectivity index (χ0n) is 17.2. The third-order valence-electron chi connectivity index (χ3n) is 5.48. The van der Waals surface area contributed by atoms with Crippen molar-refractivity contribution in [1.82, 2.24) is 4.57 Å². The molecular weight excluding hydrogens is 410 g/mol. The van der Waals surface area contributed by atoms with Gasteiger partial charge in [0.2, 0.25) is 5.78 Å². The molecule has 1 aromatic heterocycles. The molecule has 0 unspecified atom stereocenters. The minimum Gasteiger partial charge on any atom is -0.489 e. The van der Waals surface area contributed by atoms with E-state index >= 15 is 0 Å². The number of ketones is 1.